The summed E-state index contributed by atoms with van der Waals surface area (Å²) in [6.45, 7) is 5.53. The Labute approximate surface area is 121 Å². The fourth-order valence-electron chi connectivity index (χ4n) is 3.78. The number of likely N-dealkylation sites (tertiary alicyclic amines) is 1. The predicted octanol–water partition coefficient (Wildman–Crippen LogP) is 1.80. The van der Waals surface area contributed by atoms with E-state index in [0.717, 1.165) is 42.1 Å². The fraction of sp³-hybridized carbons (Fsp3) is 0.688. The molecule has 1 aromatic rings. The minimum Gasteiger partial charge on any atom is -0.392 e. The van der Waals surface area contributed by atoms with Gasteiger partial charge in [-0.2, -0.15) is 0 Å². The lowest BCUT2D eigenvalue weighted by molar-refractivity contribution is 0.102. The topological polar surface area (TPSA) is 39.6 Å². The van der Waals surface area contributed by atoms with Crippen molar-refractivity contribution >= 4 is 5.82 Å². The summed E-state index contributed by atoms with van der Waals surface area (Å²) < 4.78 is 0. The quantitative estimate of drug-likeness (QED) is 0.893. The highest BCUT2D eigenvalue weighted by Crippen LogP contribution is 2.31. The minimum absolute atomic E-state index is 0.0780. The van der Waals surface area contributed by atoms with Crippen LogP contribution in [0, 0.1) is 12.8 Å². The second-order valence-electron chi connectivity index (χ2n) is 6.26. The predicted molar refractivity (Wildman–Crippen MR) is 80.9 cm³/mol. The molecular formula is C16H25N3O. The average molecular weight is 275 g/mol. The number of nitrogens with zero attached hydrogens (tertiary/aromatic N) is 3. The standard InChI is InChI=1S/C16H25N3O/c1-12-14(11-20)5-6-16(17-12)19-9-7-15-13(10-19)4-3-8-18(15)2/h5-6,13,15,20H,3-4,7-11H2,1-2H3. The van der Waals surface area contributed by atoms with Crippen LogP contribution in [0.3, 0.4) is 0 Å². The Balaban J connectivity index is 1.74. The molecule has 0 amide bonds. The van der Waals surface area contributed by atoms with Crippen LogP contribution in [0.1, 0.15) is 30.5 Å². The van der Waals surface area contributed by atoms with Crippen molar-refractivity contribution in [1.82, 2.24) is 9.88 Å². The van der Waals surface area contributed by atoms with Crippen LogP contribution >= 0.6 is 0 Å². The van der Waals surface area contributed by atoms with Crippen LogP contribution in [-0.2, 0) is 6.61 Å². The second-order valence-corrected chi connectivity index (χ2v) is 6.26. The Morgan fingerprint density at radius 3 is 2.90 bits per heavy atom. The Morgan fingerprint density at radius 2 is 2.15 bits per heavy atom. The van der Waals surface area contributed by atoms with E-state index in [1.54, 1.807) is 0 Å². The first-order valence-corrected chi connectivity index (χ1v) is 7.71. The molecule has 2 saturated heterocycles. The molecule has 2 fully saturated rings. The summed E-state index contributed by atoms with van der Waals surface area (Å²) in [5.41, 5.74) is 1.88. The molecule has 2 aliphatic heterocycles. The van der Waals surface area contributed by atoms with Crippen molar-refractivity contribution in [2.24, 2.45) is 5.92 Å². The monoisotopic (exact) mass is 275 g/mol. The van der Waals surface area contributed by atoms with E-state index >= 15 is 0 Å². The largest absolute Gasteiger partial charge is 0.392 e. The summed E-state index contributed by atoms with van der Waals surface area (Å²) in [6.07, 6.45) is 3.91. The van der Waals surface area contributed by atoms with Crippen molar-refractivity contribution in [3.05, 3.63) is 23.4 Å². The lowest BCUT2D eigenvalue weighted by Crippen LogP contribution is -2.52. The molecule has 0 spiro atoms. The highest BCUT2D eigenvalue weighted by molar-refractivity contribution is 5.42. The Hall–Kier alpha value is -1.13. The number of pyridine rings is 1. The lowest BCUT2D eigenvalue weighted by atomic mass is 9.84. The van der Waals surface area contributed by atoms with Crippen molar-refractivity contribution in [2.75, 3.05) is 31.6 Å². The molecule has 2 aliphatic rings. The van der Waals surface area contributed by atoms with Gasteiger partial charge in [-0.25, -0.2) is 4.98 Å². The molecule has 0 saturated carbocycles. The number of hydrogen-bond acceptors (Lipinski definition) is 4. The summed E-state index contributed by atoms with van der Waals surface area (Å²) in [5.74, 6) is 1.86. The summed E-state index contributed by atoms with van der Waals surface area (Å²) in [5, 5.41) is 9.24. The molecule has 20 heavy (non-hydrogen) atoms. The molecule has 0 radical (unpaired) electrons. The zero-order valence-electron chi connectivity index (χ0n) is 12.5. The third-order valence-electron chi connectivity index (χ3n) is 5.02. The van der Waals surface area contributed by atoms with Crippen LogP contribution in [0.4, 0.5) is 5.82 Å². The van der Waals surface area contributed by atoms with Crippen molar-refractivity contribution < 1.29 is 5.11 Å². The van der Waals surface area contributed by atoms with Gasteiger partial charge in [-0.3, -0.25) is 0 Å². The van der Waals surface area contributed by atoms with Gasteiger partial charge in [0.2, 0.25) is 0 Å². The first kappa shape index (κ1) is 13.8. The number of aliphatic hydroxyl groups is 1. The molecule has 3 rings (SSSR count). The summed E-state index contributed by atoms with van der Waals surface area (Å²) >= 11 is 0. The maximum Gasteiger partial charge on any atom is 0.128 e. The summed E-state index contributed by atoms with van der Waals surface area (Å²) in [6, 6.07) is 4.83. The normalized spacial score (nSPS) is 27.4. The SMILES string of the molecule is Cc1nc(N2CCC3C(CCCN3C)C2)ccc1CO. The molecule has 1 N–H and O–H groups in total. The van der Waals surface area contributed by atoms with Crippen molar-refractivity contribution in [2.45, 2.75) is 38.8 Å². The zero-order chi connectivity index (χ0) is 14.1. The van der Waals surface area contributed by atoms with Crippen molar-refractivity contribution in [3.8, 4) is 0 Å². The number of aromatic nitrogens is 1. The lowest BCUT2D eigenvalue weighted by Gasteiger charge is -2.46. The molecule has 110 valence electrons. The number of piperidine rings is 2. The van der Waals surface area contributed by atoms with E-state index in [-0.39, 0.29) is 6.61 Å². The highest BCUT2D eigenvalue weighted by Gasteiger charge is 2.34. The smallest absolute Gasteiger partial charge is 0.128 e. The zero-order valence-corrected chi connectivity index (χ0v) is 12.5. The van der Waals surface area contributed by atoms with Gasteiger partial charge in [0.15, 0.2) is 0 Å². The number of aryl methyl sites for hydroxylation is 1. The molecule has 0 aliphatic carbocycles. The van der Waals surface area contributed by atoms with Crippen LogP contribution in [0.2, 0.25) is 0 Å². The summed E-state index contributed by atoms with van der Waals surface area (Å²) in [7, 11) is 2.27. The molecule has 4 heteroatoms. The average Bonchev–Trinajstić information content (AvgIpc) is 2.47. The molecule has 2 atom stereocenters. The van der Waals surface area contributed by atoms with Crippen molar-refractivity contribution in [1.29, 1.82) is 0 Å². The van der Waals surface area contributed by atoms with E-state index in [4.69, 9.17) is 0 Å². The van der Waals surface area contributed by atoms with Gasteiger partial charge >= 0.3 is 0 Å². The van der Waals surface area contributed by atoms with Crippen LogP contribution in [0.5, 0.6) is 0 Å². The number of anilines is 1. The fourth-order valence-corrected chi connectivity index (χ4v) is 3.78. The van der Waals surface area contributed by atoms with Crippen LogP contribution < -0.4 is 4.90 Å². The Bertz CT molecular complexity index is 477. The number of fused-ring (bicyclic) bond motifs is 1. The number of hydrogen-bond donors (Lipinski definition) is 1. The Morgan fingerprint density at radius 1 is 1.30 bits per heavy atom. The second kappa shape index (κ2) is 5.70. The van der Waals surface area contributed by atoms with Gasteiger partial charge in [-0.05, 0) is 57.3 Å². The number of aliphatic hydroxyl groups excluding tert-OH is 1. The first-order valence-electron chi connectivity index (χ1n) is 7.71. The highest BCUT2D eigenvalue weighted by atomic mass is 16.3. The van der Waals surface area contributed by atoms with E-state index in [0.29, 0.717) is 0 Å². The van der Waals surface area contributed by atoms with Crippen LogP contribution in [-0.4, -0.2) is 47.7 Å². The summed E-state index contributed by atoms with van der Waals surface area (Å²) in [4.78, 5) is 9.64. The van der Waals surface area contributed by atoms with Gasteiger partial charge in [0.05, 0.1) is 6.61 Å². The molecule has 4 nitrogen and oxygen atoms in total. The molecule has 1 aromatic heterocycles. The van der Waals surface area contributed by atoms with Gasteiger partial charge in [0.25, 0.3) is 0 Å². The molecule has 3 heterocycles. The van der Waals surface area contributed by atoms with Crippen LogP contribution in [0.15, 0.2) is 12.1 Å². The molecule has 2 unspecified atom stereocenters. The van der Waals surface area contributed by atoms with Gasteiger partial charge in [-0.15, -0.1) is 0 Å². The first-order chi connectivity index (χ1) is 9.69. The van der Waals surface area contributed by atoms with Crippen molar-refractivity contribution in [3.63, 3.8) is 0 Å². The van der Waals surface area contributed by atoms with Gasteiger partial charge in [-0.1, -0.05) is 6.07 Å². The maximum absolute atomic E-state index is 9.24. The molecule has 0 bridgehead atoms. The maximum atomic E-state index is 9.24. The van der Waals surface area contributed by atoms with Gasteiger partial charge in [0.1, 0.15) is 5.82 Å². The van der Waals surface area contributed by atoms with Crippen LogP contribution in [0.25, 0.3) is 0 Å². The molecule has 0 aromatic carbocycles. The van der Waals surface area contributed by atoms with E-state index in [2.05, 4.69) is 27.9 Å². The van der Waals surface area contributed by atoms with Gasteiger partial charge in [0, 0.05) is 24.8 Å². The molecular weight excluding hydrogens is 250 g/mol. The third-order valence-corrected chi connectivity index (χ3v) is 5.02. The minimum atomic E-state index is 0.0780. The third kappa shape index (κ3) is 2.54. The van der Waals surface area contributed by atoms with Gasteiger partial charge < -0.3 is 14.9 Å². The van der Waals surface area contributed by atoms with E-state index < -0.39 is 0 Å². The number of rotatable bonds is 2. The van der Waals surface area contributed by atoms with E-state index in [1.165, 1.54) is 25.8 Å². The van der Waals surface area contributed by atoms with E-state index in [9.17, 15) is 5.11 Å². The Kier molecular flexibility index (Phi) is 3.94. The van der Waals surface area contributed by atoms with E-state index in [1.807, 2.05) is 13.0 Å².